The number of rotatable bonds is 2. The Morgan fingerprint density at radius 1 is 1.33 bits per heavy atom. The van der Waals surface area contributed by atoms with Gasteiger partial charge < -0.3 is 10.2 Å². The molecule has 2 saturated heterocycles. The molecule has 15 heavy (non-hydrogen) atoms. The van der Waals surface area contributed by atoms with Gasteiger partial charge in [0.2, 0.25) is 5.91 Å². The van der Waals surface area contributed by atoms with Crippen molar-refractivity contribution in [2.75, 3.05) is 13.1 Å². The molecule has 2 atom stereocenters. The maximum absolute atomic E-state index is 12.2. The fourth-order valence-corrected chi connectivity index (χ4v) is 2.81. The highest BCUT2D eigenvalue weighted by atomic mass is 16.2. The molecule has 3 heteroatoms. The van der Waals surface area contributed by atoms with Crippen molar-refractivity contribution >= 4 is 5.91 Å². The molecular formula is C12H22N2O. The topological polar surface area (TPSA) is 32.3 Å². The normalized spacial score (nSPS) is 31.9. The Morgan fingerprint density at radius 2 is 2.20 bits per heavy atom. The number of carbonyl (C=O) groups excluding carboxylic acids is 1. The minimum atomic E-state index is 0.117. The van der Waals surface area contributed by atoms with Crippen molar-refractivity contribution in [1.82, 2.24) is 10.2 Å². The number of hydrogen-bond acceptors (Lipinski definition) is 2. The molecule has 3 nitrogen and oxygen atoms in total. The Morgan fingerprint density at radius 3 is 2.87 bits per heavy atom. The van der Waals surface area contributed by atoms with Crippen molar-refractivity contribution in [3.63, 3.8) is 0 Å². The fourth-order valence-electron chi connectivity index (χ4n) is 2.81. The van der Waals surface area contributed by atoms with Crippen molar-refractivity contribution in [1.29, 1.82) is 0 Å². The van der Waals surface area contributed by atoms with Crippen LogP contribution < -0.4 is 5.32 Å². The van der Waals surface area contributed by atoms with Crippen LogP contribution in [0.1, 0.15) is 45.4 Å². The summed E-state index contributed by atoms with van der Waals surface area (Å²) in [6.45, 7) is 4.18. The SMILES string of the molecule is CCC1CCCN1C(=O)[C@@H]1CCCCN1. The van der Waals surface area contributed by atoms with Gasteiger partial charge in [-0.25, -0.2) is 0 Å². The molecule has 0 radical (unpaired) electrons. The fraction of sp³-hybridized carbons (Fsp3) is 0.917. The number of nitrogens with one attached hydrogen (secondary N) is 1. The van der Waals surface area contributed by atoms with E-state index in [4.69, 9.17) is 0 Å². The largest absolute Gasteiger partial charge is 0.338 e. The summed E-state index contributed by atoms with van der Waals surface area (Å²) in [4.78, 5) is 14.3. The van der Waals surface area contributed by atoms with E-state index in [1.54, 1.807) is 0 Å². The van der Waals surface area contributed by atoms with Gasteiger partial charge in [-0.2, -0.15) is 0 Å². The molecule has 0 spiro atoms. The second-order valence-corrected chi connectivity index (χ2v) is 4.74. The van der Waals surface area contributed by atoms with Crippen LogP contribution in [-0.2, 0) is 4.79 Å². The maximum atomic E-state index is 12.2. The van der Waals surface area contributed by atoms with E-state index in [1.165, 1.54) is 25.7 Å². The minimum Gasteiger partial charge on any atom is -0.338 e. The van der Waals surface area contributed by atoms with E-state index in [2.05, 4.69) is 17.1 Å². The third-order valence-corrected chi connectivity index (χ3v) is 3.74. The molecule has 1 amide bonds. The number of likely N-dealkylation sites (tertiary alicyclic amines) is 1. The van der Waals surface area contributed by atoms with Gasteiger partial charge >= 0.3 is 0 Å². The Hall–Kier alpha value is -0.570. The Kier molecular flexibility index (Phi) is 3.62. The zero-order valence-corrected chi connectivity index (χ0v) is 9.67. The molecule has 1 N–H and O–H groups in total. The summed E-state index contributed by atoms with van der Waals surface area (Å²) in [7, 11) is 0. The van der Waals surface area contributed by atoms with Gasteiger partial charge in [0, 0.05) is 12.6 Å². The van der Waals surface area contributed by atoms with Gasteiger partial charge in [0.1, 0.15) is 0 Å². The first-order valence-corrected chi connectivity index (χ1v) is 6.36. The van der Waals surface area contributed by atoms with Gasteiger partial charge in [0.25, 0.3) is 0 Å². The number of nitrogens with zero attached hydrogens (tertiary/aromatic N) is 1. The molecule has 0 saturated carbocycles. The molecule has 0 bridgehead atoms. The first kappa shape index (κ1) is 10.9. The summed E-state index contributed by atoms with van der Waals surface area (Å²) in [5.74, 6) is 0.360. The lowest BCUT2D eigenvalue weighted by molar-refractivity contribution is -0.134. The molecule has 86 valence electrons. The molecule has 0 aromatic heterocycles. The third-order valence-electron chi connectivity index (χ3n) is 3.74. The van der Waals surface area contributed by atoms with Gasteiger partial charge in [0.15, 0.2) is 0 Å². The molecule has 2 aliphatic heterocycles. The molecule has 1 unspecified atom stereocenters. The maximum Gasteiger partial charge on any atom is 0.239 e. The summed E-state index contributed by atoms with van der Waals surface area (Å²) >= 11 is 0. The van der Waals surface area contributed by atoms with E-state index in [0.29, 0.717) is 11.9 Å². The zero-order chi connectivity index (χ0) is 10.7. The molecular weight excluding hydrogens is 188 g/mol. The van der Waals surface area contributed by atoms with Crippen LogP contribution in [0.2, 0.25) is 0 Å². The van der Waals surface area contributed by atoms with Crippen molar-refractivity contribution in [2.24, 2.45) is 0 Å². The molecule has 2 aliphatic rings. The van der Waals surface area contributed by atoms with E-state index in [0.717, 1.165) is 25.9 Å². The highest BCUT2D eigenvalue weighted by molar-refractivity contribution is 5.82. The second kappa shape index (κ2) is 4.97. The summed E-state index contributed by atoms with van der Waals surface area (Å²) in [6, 6.07) is 0.632. The Bertz CT molecular complexity index is 224. The lowest BCUT2D eigenvalue weighted by Gasteiger charge is -2.30. The lowest BCUT2D eigenvalue weighted by atomic mass is 10.0. The van der Waals surface area contributed by atoms with Crippen molar-refractivity contribution in [3.8, 4) is 0 Å². The predicted molar refractivity (Wildman–Crippen MR) is 60.7 cm³/mol. The van der Waals surface area contributed by atoms with E-state index < -0.39 is 0 Å². The van der Waals surface area contributed by atoms with Crippen LogP contribution in [0.25, 0.3) is 0 Å². The number of carbonyl (C=O) groups is 1. The number of piperidine rings is 1. The highest BCUT2D eigenvalue weighted by Crippen LogP contribution is 2.22. The van der Waals surface area contributed by atoms with Crippen molar-refractivity contribution in [3.05, 3.63) is 0 Å². The van der Waals surface area contributed by atoms with Crippen LogP contribution in [-0.4, -0.2) is 36.0 Å². The van der Waals surface area contributed by atoms with E-state index in [-0.39, 0.29) is 6.04 Å². The Labute approximate surface area is 92.2 Å². The number of amides is 1. The molecule has 2 heterocycles. The smallest absolute Gasteiger partial charge is 0.239 e. The average Bonchev–Trinajstić information content (AvgIpc) is 2.77. The lowest BCUT2D eigenvalue weighted by Crippen LogP contribution is -2.49. The van der Waals surface area contributed by atoms with Crippen molar-refractivity contribution < 1.29 is 4.79 Å². The van der Waals surface area contributed by atoms with Gasteiger partial charge in [0.05, 0.1) is 6.04 Å². The minimum absolute atomic E-state index is 0.117. The molecule has 2 fully saturated rings. The first-order valence-electron chi connectivity index (χ1n) is 6.36. The van der Waals surface area contributed by atoms with Crippen LogP contribution >= 0.6 is 0 Å². The Balaban J connectivity index is 1.93. The van der Waals surface area contributed by atoms with Crippen LogP contribution in [0, 0.1) is 0 Å². The zero-order valence-electron chi connectivity index (χ0n) is 9.67. The molecule has 0 aliphatic carbocycles. The second-order valence-electron chi connectivity index (χ2n) is 4.74. The van der Waals surface area contributed by atoms with E-state index in [1.807, 2.05) is 0 Å². The van der Waals surface area contributed by atoms with Crippen molar-refractivity contribution in [2.45, 2.75) is 57.5 Å². The average molecular weight is 210 g/mol. The standard InChI is InChI=1S/C12H22N2O/c1-2-10-6-5-9-14(10)12(15)11-7-3-4-8-13-11/h10-11,13H,2-9H2,1H3/t10?,11-/m0/s1. The van der Waals surface area contributed by atoms with Crippen LogP contribution in [0.4, 0.5) is 0 Å². The summed E-state index contributed by atoms with van der Waals surface area (Å²) in [5, 5.41) is 3.35. The van der Waals surface area contributed by atoms with Gasteiger partial charge in [-0.1, -0.05) is 13.3 Å². The quantitative estimate of drug-likeness (QED) is 0.749. The highest BCUT2D eigenvalue weighted by Gasteiger charge is 2.32. The van der Waals surface area contributed by atoms with Gasteiger partial charge in [-0.05, 0) is 38.6 Å². The summed E-state index contributed by atoms with van der Waals surface area (Å²) in [6.07, 6.45) is 6.96. The monoisotopic (exact) mass is 210 g/mol. The van der Waals surface area contributed by atoms with Crippen LogP contribution in [0.3, 0.4) is 0 Å². The summed E-state index contributed by atoms with van der Waals surface area (Å²) in [5.41, 5.74) is 0. The molecule has 2 rings (SSSR count). The van der Waals surface area contributed by atoms with E-state index >= 15 is 0 Å². The first-order chi connectivity index (χ1) is 7.33. The summed E-state index contributed by atoms with van der Waals surface area (Å²) < 4.78 is 0. The molecule has 0 aromatic rings. The van der Waals surface area contributed by atoms with E-state index in [9.17, 15) is 4.79 Å². The van der Waals surface area contributed by atoms with Gasteiger partial charge in [-0.15, -0.1) is 0 Å². The number of hydrogen-bond donors (Lipinski definition) is 1. The molecule has 0 aromatic carbocycles. The van der Waals surface area contributed by atoms with Crippen LogP contribution in [0.15, 0.2) is 0 Å². The predicted octanol–water partition coefficient (Wildman–Crippen LogP) is 1.53. The van der Waals surface area contributed by atoms with Gasteiger partial charge in [-0.3, -0.25) is 4.79 Å². The van der Waals surface area contributed by atoms with Crippen LogP contribution in [0.5, 0.6) is 0 Å². The third kappa shape index (κ3) is 2.33.